The molecule has 18 heavy (non-hydrogen) atoms. The van der Waals surface area contributed by atoms with Gasteiger partial charge in [0.05, 0.1) is 5.92 Å². The topological polar surface area (TPSA) is 60.9 Å². The maximum Gasteiger partial charge on any atom is 0.308 e. The number of likely N-dealkylation sites (tertiary alicyclic amines) is 1. The van der Waals surface area contributed by atoms with Crippen LogP contribution in [-0.2, 0) is 9.59 Å². The Morgan fingerprint density at radius 3 is 2.83 bits per heavy atom. The highest BCUT2D eigenvalue weighted by atomic mass is 16.4. The normalized spacial score (nSPS) is 22.3. The van der Waals surface area contributed by atoms with Gasteiger partial charge in [-0.3, -0.25) is 9.59 Å². The van der Waals surface area contributed by atoms with Crippen LogP contribution in [0, 0.1) is 5.92 Å². The first-order valence-electron chi connectivity index (χ1n) is 6.66. The summed E-state index contributed by atoms with van der Waals surface area (Å²) in [6.45, 7) is 6.07. The van der Waals surface area contributed by atoms with E-state index in [1.54, 1.807) is 4.90 Å². The Morgan fingerprint density at radius 2 is 2.28 bits per heavy atom. The molecule has 1 heterocycles. The predicted molar refractivity (Wildman–Crippen MR) is 69.3 cm³/mol. The standard InChI is InChI=1S/C13H24N2O3/c1-4-10(2)14(3)7-8-15-9-11(13(17)18)5-6-12(15)16/h10-11H,4-9H2,1-3H3,(H,17,18). The molecule has 1 rings (SSSR count). The van der Waals surface area contributed by atoms with Gasteiger partial charge in [0.1, 0.15) is 0 Å². The number of carbonyl (C=O) groups excluding carboxylic acids is 1. The van der Waals surface area contributed by atoms with E-state index in [9.17, 15) is 9.59 Å². The number of carboxylic acid groups (broad SMARTS) is 1. The summed E-state index contributed by atoms with van der Waals surface area (Å²) in [6, 6.07) is 0.486. The molecule has 1 aliphatic rings. The molecule has 1 amide bonds. The van der Waals surface area contributed by atoms with E-state index in [1.807, 2.05) is 7.05 Å². The first-order chi connectivity index (χ1) is 8.45. The van der Waals surface area contributed by atoms with Gasteiger partial charge in [0.25, 0.3) is 0 Å². The summed E-state index contributed by atoms with van der Waals surface area (Å²) in [6.07, 6.45) is 1.91. The third-order valence-corrected chi connectivity index (χ3v) is 3.92. The fourth-order valence-corrected chi connectivity index (χ4v) is 2.14. The summed E-state index contributed by atoms with van der Waals surface area (Å²) < 4.78 is 0. The first kappa shape index (κ1) is 15.0. The van der Waals surface area contributed by atoms with Crippen molar-refractivity contribution >= 4 is 11.9 Å². The molecule has 0 aromatic heterocycles. The van der Waals surface area contributed by atoms with Crippen LogP contribution in [0.1, 0.15) is 33.1 Å². The highest BCUT2D eigenvalue weighted by molar-refractivity contribution is 5.80. The van der Waals surface area contributed by atoms with Crippen molar-refractivity contribution in [2.75, 3.05) is 26.7 Å². The zero-order valence-electron chi connectivity index (χ0n) is 11.6. The summed E-state index contributed by atoms with van der Waals surface area (Å²) in [5.74, 6) is -1.09. The molecule has 1 saturated heterocycles. The van der Waals surface area contributed by atoms with Crippen molar-refractivity contribution in [2.45, 2.75) is 39.2 Å². The van der Waals surface area contributed by atoms with E-state index >= 15 is 0 Å². The smallest absolute Gasteiger partial charge is 0.308 e. The van der Waals surface area contributed by atoms with E-state index in [4.69, 9.17) is 5.11 Å². The Morgan fingerprint density at radius 1 is 1.61 bits per heavy atom. The molecular weight excluding hydrogens is 232 g/mol. The molecule has 5 heteroatoms. The molecule has 0 radical (unpaired) electrons. The molecular formula is C13H24N2O3. The van der Waals surface area contributed by atoms with Crippen LogP contribution in [0.4, 0.5) is 0 Å². The largest absolute Gasteiger partial charge is 0.481 e. The lowest BCUT2D eigenvalue weighted by Gasteiger charge is -2.33. The fourth-order valence-electron chi connectivity index (χ4n) is 2.14. The van der Waals surface area contributed by atoms with Crippen molar-refractivity contribution in [3.8, 4) is 0 Å². The molecule has 2 atom stereocenters. The molecule has 5 nitrogen and oxygen atoms in total. The lowest BCUT2D eigenvalue weighted by atomic mass is 9.98. The summed E-state index contributed by atoms with van der Waals surface area (Å²) in [5, 5.41) is 9.00. The molecule has 0 aromatic rings. The highest BCUT2D eigenvalue weighted by Crippen LogP contribution is 2.17. The fraction of sp³-hybridized carbons (Fsp3) is 0.846. The SMILES string of the molecule is CCC(C)N(C)CCN1CC(C(=O)O)CCC1=O. The second-order valence-corrected chi connectivity index (χ2v) is 5.15. The van der Waals surface area contributed by atoms with Crippen LogP contribution >= 0.6 is 0 Å². The van der Waals surface area contributed by atoms with Gasteiger partial charge in [0, 0.05) is 32.1 Å². The lowest BCUT2D eigenvalue weighted by Crippen LogP contribution is -2.46. The second-order valence-electron chi connectivity index (χ2n) is 5.15. The Kier molecular flexibility index (Phi) is 5.59. The van der Waals surface area contributed by atoms with Gasteiger partial charge in [0.2, 0.25) is 5.91 Å². The lowest BCUT2D eigenvalue weighted by molar-refractivity contribution is -0.147. The van der Waals surface area contributed by atoms with Gasteiger partial charge in [-0.2, -0.15) is 0 Å². The zero-order valence-corrected chi connectivity index (χ0v) is 11.6. The van der Waals surface area contributed by atoms with Crippen molar-refractivity contribution < 1.29 is 14.7 Å². The number of likely N-dealkylation sites (N-methyl/N-ethyl adjacent to an activating group) is 1. The predicted octanol–water partition coefficient (Wildman–Crippen LogP) is 1.04. The van der Waals surface area contributed by atoms with Crippen LogP contribution < -0.4 is 0 Å². The number of carboxylic acids is 1. The van der Waals surface area contributed by atoms with Crippen molar-refractivity contribution in [3.63, 3.8) is 0 Å². The van der Waals surface area contributed by atoms with Crippen molar-refractivity contribution in [2.24, 2.45) is 5.92 Å². The van der Waals surface area contributed by atoms with Crippen LogP contribution in [0.3, 0.4) is 0 Å². The van der Waals surface area contributed by atoms with Gasteiger partial charge in [-0.25, -0.2) is 0 Å². The number of piperidine rings is 1. The average molecular weight is 256 g/mol. The molecule has 2 unspecified atom stereocenters. The second kappa shape index (κ2) is 6.73. The number of amides is 1. The minimum absolute atomic E-state index is 0.0880. The molecule has 1 N–H and O–H groups in total. The molecule has 0 aliphatic carbocycles. The monoisotopic (exact) mass is 256 g/mol. The van der Waals surface area contributed by atoms with Gasteiger partial charge < -0.3 is 14.9 Å². The molecule has 0 saturated carbocycles. The molecule has 1 aliphatic heterocycles. The minimum Gasteiger partial charge on any atom is -0.481 e. The Hall–Kier alpha value is -1.10. The van der Waals surface area contributed by atoms with Gasteiger partial charge in [-0.05, 0) is 26.8 Å². The number of hydrogen-bond acceptors (Lipinski definition) is 3. The Bertz CT molecular complexity index is 307. The van der Waals surface area contributed by atoms with E-state index < -0.39 is 11.9 Å². The Labute approximate surface area is 109 Å². The third kappa shape index (κ3) is 3.98. The molecule has 0 spiro atoms. The number of rotatable bonds is 6. The number of nitrogens with zero attached hydrogens (tertiary/aromatic N) is 2. The van der Waals surface area contributed by atoms with Crippen LogP contribution in [0.5, 0.6) is 0 Å². The average Bonchev–Trinajstić information content (AvgIpc) is 2.36. The first-order valence-corrected chi connectivity index (χ1v) is 6.66. The molecule has 1 fully saturated rings. The van der Waals surface area contributed by atoms with E-state index in [-0.39, 0.29) is 5.91 Å². The number of hydrogen-bond donors (Lipinski definition) is 1. The van der Waals surface area contributed by atoms with Crippen LogP contribution in [0.2, 0.25) is 0 Å². The van der Waals surface area contributed by atoms with Crippen LogP contribution in [-0.4, -0.2) is 59.5 Å². The number of aliphatic carboxylic acids is 1. The van der Waals surface area contributed by atoms with E-state index in [1.165, 1.54) is 0 Å². The van der Waals surface area contributed by atoms with Gasteiger partial charge in [-0.1, -0.05) is 6.92 Å². The van der Waals surface area contributed by atoms with Crippen molar-refractivity contribution in [1.29, 1.82) is 0 Å². The summed E-state index contributed by atoms with van der Waals surface area (Å²) in [4.78, 5) is 26.6. The highest BCUT2D eigenvalue weighted by Gasteiger charge is 2.29. The minimum atomic E-state index is -0.789. The van der Waals surface area contributed by atoms with Gasteiger partial charge >= 0.3 is 5.97 Å². The summed E-state index contributed by atoms with van der Waals surface area (Å²) >= 11 is 0. The molecule has 0 aromatic carbocycles. The van der Waals surface area contributed by atoms with Gasteiger partial charge in [-0.15, -0.1) is 0 Å². The number of carbonyl (C=O) groups is 2. The van der Waals surface area contributed by atoms with Crippen molar-refractivity contribution in [3.05, 3.63) is 0 Å². The molecule has 0 bridgehead atoms. The van der Waals surface area contributed by atoms with Crippen LogP contribution in [0.15, 0.2) is 0 Å². The Balaban J connectivity index is 2.44. The molecule has 104 valence electrons. The zero-order chi connectivity index (χ0) is 13.7. The summed E-state index contributed by atoms with van der Waals surface area (Å²) in [7, 11) is 2.04. The third-order valence-electron chi connectivity index (χ3n) is 3.92. The van der Waals surface area contributed by atoms with E-state index in [2.05, 4.69) is 18.7 Å². The van der Waals surface area contributed by atoms with E-state index in [0.29, 0.717) is 32.0 Å². The summed E-state index contributed by atoms with van der Waals surface area (Å²) in [5.41, 5.74) is 0. The maximum atomic E-state index is 11.7. The van der Waals surface area contributed by atoms with Gasteiger partial charge in [0.15, 0.2) is 0 Å². The van der Waals surface area contributed by atoms with Crippen LogP contribution in [0.25, 0.3) is 0 Å². The quantitative estimate of drug-likeness (QED) is 0.771. The van der Waals surface area contributed by atoms with Crippen molar-refractivity contribution in [1.82, 2.24) is 9.80 Å². The maximum absolute atomic E-state index is 11.7. The van der Waals surface area contributed by atoms with E-state index in [0.717, 1.165) is 13.0 Å².